The first-order chi connectivity index (χ1) is 23.7. The van der Waals surface area contributed by atoms with Gasteiger partial charge in [-0.1, -0.05) is 47.5 Å². The third-order valence-corrected chi connectivity index (χ3v) is 11.4. The number of hydrogen-bond donors (Lipinski definition) is 2. The molecule has 1 unspecified atom stereocenters. The van der Waals surface area contributed by atoms with Gasteiger partial charge in [0.25, 0.3) is 5.91 Å². The zero-order valence-corrected chi connectivity index (χ0v) is 31.4. The van der Waals surface area contributed by atoms with E-state index < -0.39 is 27.8 Å². The van der Waals surface area contributed by atoms with E-state index >= 15 is 4.79 Å². The third-order valence-electron chi connectivity index (χ3n) is 9.10. The van der Waals surface area contributed by atoms with E-state index in [1.807, 2.05) is 36.1 Å². The molecule has 0 aliphatic carbocycles. The summed E-state index contributed by atoms with van der Waals surface area (Å²) in [6.07, 6.45) is 0. The smallest absolute Gasteiger partial charge is 0.262 e. The highest BCUT2D eigenvalue weighted by atomic mass is 35.5. The summed E-state index contributed by atoms with van der Waals surface area (Å²) in [5, 5.41) is 8.39. The molecule has 0 radical (unpaired) electrons. The van der Waals surface area contributed by atoms with Gasteiger partial charge in [-0.2, -0.15) is 0 Å². The van der Waals surface area contributed by atoms with Gasteiger partial charge in [-0.25, -0.2) is 12.7 Å². The Bertz CT molecular complexity index is 1750. The molecule has 2 heterocycles. The summed E-state index contributed by atoms with van der Waals surface area (Å²) >= 11 is 12.6. The van der Waals surface area contributed by atoms with Crippen LogP contribution in [0.25, 0.3) is 0 Å². The lowest BCUT2D eigenvalue weighted by molar-refractivity contribution is -0.142. The van der Waals surface area contributed by atoms with Gasteiger partial charge in [-0.05, 0) is 48.4 Å². The van der Waals surface area contributed by atoms with E-state index in [2.05, 4.69) is 10.6 Å². The molecule has 2 fully saturated rings. The van der Waals surface area contributed by atoms with Gasteiger partial charge >= 0.3 is 0 Å². The van der Waals surface area contributed by atoms with Gasteiger partial charge in [0.2, 0.25) is 15.9 Å². The highest BCUT2D eigenvalue weighted by Crippen LogP contribution is 2.47. The molecule has 0 spiro atoms. The van der Waals surface area contributed by atoms with Crippen molar-refractivity contribution in [2.45, 2.75) is 29.6 Å². The molecule has 2 amide bonds. The molecular weight excluding hydrogens is 703 g/mol. The lowest BCUT2D eigenvalue weighted by Gasteiger charge is -2.41. The number of amides is 2. The summed E-state index contributed by atoms with van der Waals surface area (Å²) in [7, 11) is 3.64. The molecule has 12 nitrogen and oxygen atoms in total. The second kappa shape index (κ2) is 15.4. The molecule has 0 saturated carbocycles. The highest BCUT2D eigenvalue weighted by Gasteiger charge is 2.55. The third kappa shape index (κ3) is 7.59. The Morgan fingerprint density at radius 3 is 1.82 bits per heavy atom. The van der Waals surface area contributed by atoms with E-state index in [1.54, 1.807) is 48.2 Å². The van der Waals surface area contributed by atoms with Gasteiger partial charge in [0.1, 0.15) is 16.4 Å². The number of methoxy groups -OCH3 is 1. The van der Waals surface area contributed by atoms with Gasteiger partial charge < -0.3 is 19.3 Å². The van der Waals surface area contributed by atoms with E-state index in [-0.39, 0.29) is 46.9 Å². The number of ether oxygens (including phenoxy) is 2. The number of nitrogens with zero attached hydrogens (tertiary/aromatic N) is 4. The van der Waals surface area contributed by atoms with Crippen LogP contribution in [0.1, 0.15) is 35.7 Å². The van der Waals surface area contributed by atoms with Gasteiger partial charge in [-0.3, -0.25) is 25.1 Å². The number of rotatable bonds is 11. The van der Waals surface area contributed by atoms with Crippen molar-refractivity contribution in [2.24, 2.45) is 0 Å². The summed E-state index contributed by atoms with van der Waals surface area (Å²) in [5.74, 6) is 0.00319. The van der Waals surface area contributed by atoms with Crippen LogP contribution in [0.5, 0.6) is 11.5 Å². The molecule has 3 aromatic carbocycles. The first-order valence-corrected chi connectivity index (χ1v) is 18.5. The number of nitrogens with one attached hydrogen (secondary N) is 2. The number of sulfonamides is 1. The molecule has 2 aliphatic heterocycles. The minimum Gasteiger partial charge on any atom is -0.495 e. The second-order valence-corrected chi connectivity index (χ2v) is 15.7. The number of piperazine rings is 1. The Morgan fingerprint density at radius 1 is 0.860 bits per heavy atom. The van der Waals surface area contributed by atoms with Crippen molar-refractivity contribution in [3.05, 3.63) is 87.4 Å². The van der Waals surface area contributed by atoms with Crippen molar-refractivity contribution < 1.29 is 27.5 Å². The average Bonchev–Trinajstić information content (AvgIpc) is 3.50. The van der Waals surface area contributed by atoms with E-state index in [0.29, 0.717) is 36.2 Å². The molecule has 3 aromatic rings. The number of hydrogen-bond acceptors (Lipinski definition) is 9. The zero-order chi connectivity index (χ0) is 36.4. The molecular formula is C35H44Cl2N6O6S. The lowest BCUT2D eigenvalue weighted by atomic mass is 9.95. The van der Waals surface area contributed by atoms with Crippen LogP contribution < -0.4 is 20.1 Å². The van der Waals surface area contributed by atoms with E-state index in [1.165, 1.54) is 33.3 Å². The summed E-state index contributed by atoms with van der Waals surface area (Å²) in [6.45, 7) is 3.92. The quantitative estimate of drug-likeness (QED) is 0.303. The standard InChI is InChI=1S/C35H44Cl2N6O6S/c1-7-49-28-21-29(48-6)30(50(46,47)41(4)5)20-27(28)35(34(45)43-18-16-42(17-19-43)22-31(44)40(2)3)38-32(23-8-12-25(36)13-9-23)33(39-35)24-10-14-26(37)15-11-24/h8-15,20-21,32-33,38-39H,7,16-19,22H2,1-6H3/t32-,33+,35?. The molecule has 0 aromatic heterocycles. The van der Waals surface area contributed by atoms with E-state index in [0.717, 1.165) is 15.4 Å². The minimum atomic E-state index is -4.05. The summed E-state index contributed by atoms with van der Waals surface area (Å²) in [6, 6.07) is 16.7. The number of carbonyl (C=O) groups excluding carboxylic acids is 2. The maximum absolute atomic E-state index is 15.2. The molecule has 2 saturated heterocycles. The van der Waals surface area contributed by atoms with Crippen LogP contribution in [-0.4, -0.2) is 114 Å². The number of likely N-dealkylation sites (N-methyl/N-ethyl adjacent to an activating group) is 1. The van der Waals surface area contributed by atoms with Crippen LogP contribution >= 0.6 is 23.2 Å². The molecule has 3 atom stereocenters. The molecule has 50 heavy (non-hydrogen) atoms. The molecule has 270 valence electrons. The van der Waals surface area contributed by atoms with Crippen molar-refractivity contribution in [2.75, 3.05) is 74.6 Å². The monoisotopic (exact) mass is 746 g/mol. The molecule has 0 bridgehead atoms. The fraction of sp³-hybridized carbons (Fsp3) is 0.429. The fourth-order valence-corrected chi connectivity index (χ4v) is 7.62. The zero-order valence-electron chi connectivity index (χ0n) is 29.1. The van der Waals surface area contributed by atoms with Gasteiger partial charge in [0.15, 0.2) is 5.66 Å². The number of benzene rings is 3. The average molecular weight is 748 g/mol. The highest BCUT2D eigenvalue weighted by molar-refractivity contribution is 7.89. The van der Waals surface area contributed by atoms with Gasteiger partial charge in [-0.15, -0.1) is 0 Å². The summed E-state index contributed by atoms with van der Waals surface area (Å²) in [4.78, 5) is 32.9. The van der Waals surface area contributed by atoms with Crippen LogP contribution in [0, 0.1) is 0 Å². The van der Waals surface area contributed by atoms with E-state index in [4.69, 9.17) is 32.7 Å². The van der Waals surface area contributed by atoms with Gasteiger partial charge in [0, 0.05) is 76.0 Å². The normalized spacial score (nSPS) is 21.3. The predicted molar refractivity (Wildman–Crippen MR) is 193 cm³/mol. The Morgan fingerprint density at radius 2 is 1.38 bits per heavy atom. The molecule has 2 N–H and O–H groups in total. The first kappa shape index (κ1) is 37.8. The fourth-order valence-electron chi connectivity index (χ4n) is 6.31. The molecule has 5 rings (SSSR count). The Balaban J connectivity index is 1.70. The maximum atomic E-state index is 15.2. The Labute approximate surface area is 304 Å². The largest absolute Gasteiger partial charge is 0.495 e. The second-order valence-electron chi connectivity index (χ2n) is 12.7. The summed E-state index contributed by atoms with van der Waals surface area (Å²) in [5.41, 5.74) is 0.280. The maximum Gasteiger partial charge on any atom is 0.262 e. The SMILES string of the molecule is CCOc1cc(OC)c(S(=O)(=O)N(C)C)cc1C1(C(=O)N2CCN(CC(=O)N(C)C)CC2)N[C@H](c2ccc(Cl)cc2)[C@H](c2ccc(Cl)cc2)N1. The lowest BCUT2D eigenvalue weighted by Crippen LogP contribution is -2.62. The number of carbonyl (C=O) groups is 2. The molecule has 2 aliphatic rings. The van der Waals surface area contributed by atoms with Crippen molar-refractivity contribution in [1.29, 1.82) is 0 Å². The van der Waals surface area contributed by atoms with Crippen molar-refractivity contribution >= 4 is 45.0 Å². The van der Waals surface area contributed by atoms with Gasteiger partial charge in [0.05, 0.1) is 32.3 Å². The van der Waals surface area contributed by atoms with Crippen LogP contribution in [0.2, 0.25) is 10.0 Å². The van der Waals surface area contributed by atoms with Crippen LogP contribution in [0.3, 0.4) is 0 Å². The topological polar surface area (TPSA) is 124 Å². The van der Waals surface area contributed by atoms with Crippen molar-refractivity contribution in [1.82, 2.24) is 29.6 Å². The predicted octanol–water partition coefficient (Wildman–Crippen LogP) is 3.71. The van der Waals surface area contributed by atoms with E-state index in [9.17, 15) is 13.2 Å². The number of halogens is 2. The van der Waals surface area contributed by atoms with Crippen molar-refractivity contribution in [3.63, 3.8) is 0 Å². The van der Waals surface area contributed by atoms with Crippen molar-refractivity contribution in [3.8, 4) is 11.5 Å². The first-order valence-electron chi connectivity index (χ1n) is 16.3. The Kier molecular flexibility index (Phi) is 11.7. The summed E-state index contributed by atoms with van der Waals surface area (Å²) < 4.78 is 40.3. The van der Waals surface area contributed by atoms with Crippen LogP contribution in [0.4, 0.5) is 0 Å². The molecule has 15 heteroatoms. The van der Waals surface area contributed by atoms with Crippen LogP contribution in [-0.2, 0) is 25.3 Å². The van der Waals surface area contributed by atoms with Crippen LogP contribution in [0.15, 0.2) is 65.6 Å². The Hall–Kier alpha value is -3.43. The minimum absolute atomic E-state index is 0.0220.